The summed E-state index contributed by atoms with van der Waals surface area (Å²) in [4.78, 5) is 4.27. The Balaban J connectivity index is 1.84. The highest BCUT2D eigenvalue weighted by atomic mass is 16.5. The lowest BCUT2D eigenvalue weighted by Gasteiger charge is -2.10. The average Bonchev–Trinajstić information content (AvgIpc) is 2.87. The predicted molar refractivity (Wildman–Crippen MR) is 66.0 cm³/mol. The van der Waals surface area contributed by atoms with Crippen molar-refractivity contribution in [1.29, 1.82) is 0 Å². The number of hydrogen-bond acceptors (Lipinski definition) is 6. The SMILES string of the molecule is C=CCNc1cnnc(NCC2CCCO2)n1. The highest BCUT2D eigenvalue weighted by molar-refractivity contribution is 5.37. The summed E-state index contributed by atoms with van der Waals surface area (Å²) in [5.74, 6) is 1.21. The normalized spacial score (nSPS) is 18.9. The zero-order valence-electron chi connectivity index (χ0n) is 9.72. The highest BCUT2D eigenvalue weighted by Gasteiger charge is 2.15. The molecule has 1 fully saturated rings. The number of hydrogen-bond donors (Lipinski definition) is 2. The van der Waals surface area contributed by atoms with E-state index in [4.69, 9.17) is 4.74 Å². The van der Waals surface area contributed by atoms with E-state index < -0.39 is 0 Å². The third kappa shape index (κ3) is 3.67. The first-order chi connectivity index (χ1) is 8.38. The summed E-state index contributed by atoms with van der Waals surface area (Å²) < 4.78 is 5.50. The zero-order valence-corrected chi connectivity index (χ0v) is 9.72. The lowest BCUT2D eigenvalue weighted by atomic mass is 10.2. The van der Waals surface area contributed by atoms with Gasteiger partial charge in [-0.2, -0.15) is 10.1 Å². The Morgan fingerprint density at radius 1 is 1.53 bits per heavy atom. The lowest BCUT2D eigenvalue weighted by molar-refractivity contribution is 0.120. The van der Waals surface area contributed by atoms with Crippen LogP contribution in [-0.4, -0.2) is 41.0 Å². The van der Waals surface area contributed by atoms with E-state index in [1.54, 1.807) is 12.3 Å². The van der Waals surface area contributed by atoms with Crippen LogP contribution in [0, 0.1) is 0 Å². The highest BCUT2D eigenvalue weighted by Crippen LogP contribution is 2.12. The van der Waals surface area contributed by atoms with Crippen molar-refractivity contribution in [2.24, 2.45) is 0 Å². The van der Waals surface area contributed by atoms with Crippen LogP contribution in [0.15, 0.2) is 18.9 Å². The Labute approximate surface area is 100 Å². The van der Waals surface area contributed by atoms with Crippen LogP contribution >= 0.6 is 0 Å². The minimum atomic E-state index is 0.267. The summed E-state index contributed by atoms with van der Waals surface area (Å²) in [6, 6.07) is 0. The first-order valence-corrected chi connectivity index (χ1v) is 5.78. The molecular weight excluding hydrogens is 218 g/mol. The van der Waals surface area contributed by atoms with Crippen LogP contribution in [0.3, 0.4) is 0 Å². The van der Waals surface area contributed by atoms with Crippen molar-refractivity contribution in [2.45, 2.75) is 18.9 Å². The third-order valence-electron chi connectivity index (χ3n) is 2.50. The molecule has 1 aromatic rings. The molecule has 17 heavy (non-hydrogen) atoms. The van der Waals surface area contributed by atoms with Crippen molar-refractivity contribution in [3.05, 3.63) is 18.9 Å². The van der Waals surface area contributed by atoms with Crippen LogP contribution in [-0.2, 0) is 4.74 Å². The molecule has 1 atom stereocenters. The molecule has 2 rings (SSSR count). The van der Waals surface area contributed by atoms with Gasteiger partial charge in [0.2, 0.25) is 5.95 Å². The molecule has 0 radical (unpaired) electrons. The van der Waals surface area contributed by atoms with Gasteiger partial charge >= 0.3 is 0 Å². The Morgan fingerprint density at radius 3 is 3.24 bits per heavy atom. The molecule has 92 valence electrons. The van der Waals surface area contributed by atoms with E-state index in [1.165, 1.54) is 0 Å². The second-order valence-corrected chi connectivity index (χ2v) is 3.85. The Kier molecular flexibility index (Phi) is 4.26. The van der Waals surface area contributed by atoms with Crippen molar-refractivity contribution < 1.29 is 4.74 Å². The van der Waals surface area contributed by atoms with Gasteiger partial charge in [0.1, 0.15) is 0 Å². The van der Waals surface area contributed by atoms with E-state index >= 15 is 0 Å². The first-order valence-electron chi connectivity index (χ1n) is 5.78. The molecule has 0 spiro atoms. The number of anilines is 2. The maximum absolute atomic E-state index is 5.50. The predicted octanol–water partition coefficient (Wildman–Crippen LogP) is 1.06. The van der Waals surface area contributed by atoms with Crippen molar-refractivity contribution in [3.8, 4) is 0 Å². The van der Waals surface area contributed by atoms with Crippen molar-refractivity contribution >= 4 is 11.8 Å². The first kappa shape index (κ1) is 11.8. The summed E-state index contributed by atoms with van der Waals surface area (Å²) >= 11 is 0. The fraction of sp³-hybridized carbons (Fsp3) is 0.545. The molecule has 1 unspecified atom stereocenters. The van der Waals surface area contributed by atoms with Gasteiger partial charge in [-0.3, -0.25) is 0 Å². The van der Waals surface area contributed by atoms with Crippen LogP contribution in [0.2, 0.25) is 0 Å². The third-order valence-corrected chi connectivity index (χ3v) is 2.50. The second-order valence-electron chi connectivity index (χ2n) is 3.85. The largest absolute Gasteiger partial charge is 0.376 e. The summed E-state index contributed by atoms with van der Waals surface area (Å²) in [5, 5.41) is 14.0. The summed E-state index contributed by atoms with van der Waals surface area (Å²) in [6.45, 7) is 5.87. The van der Waals surface area contributed by atoms with Crippen LogP contribution in [0.25, 0.3) is 0 Å². The van der Waals surface area contributed by atoms with Crippen LogP contribution < -0.4 is 10.6 Å². The summed E-state index contributed by atoms with van der Waals surface area (Å²) in [5.41, 5.74) is 0. The molecule has 0 aliphatic carbocycles. The monoisotopic (exact) mass is 235 g/mol. The molecule has 0 aromatic carbocycles. The smallest absolute Gasteiger partial charge is 0.244 e. The number of aromatic nitrogens is 3. The average molecular weight is 235 g/mol. The molecule has 6 nitrogen and oxygen atoms in total. The molecule has 1 aromatic heterocycles. The maximum atomic E-state index is 5.50. The van der Waals surface area contributed by atoms with E-state index in [-0.39, 0.29) is 6.10 Å². The maximum Gasteiger partial charge on any atom is 0.244 e. The fourth-order valence-corrected chi connectivity index (χ4v) is 1.65. The zero-order chi connectivity index (χ0) is 11.9. The van der Waals surface area contributed by atoms with Gasteiger partial charge in [0.15, 0.2) is 5.82 Å². The molecule has 0 amide bonds. The van der Waals surface area contributed by atoms with E-state index in [1.807, 2.05) is 0 Å². The summed E-state index contributed by atoms with van der Waals surface area (Å²) in [7, 11) is 0. The van der Waals surface area contributed by atoms with Crippen molar-refractivity contribution in [1.82, 2.24) is 15.2 Å². The molecule has 0 saturated carbocycles. The van der Waals surface area contributed by atoms with Gasteiger partial charge in [-0.1, -0.05) is 6.08 Å². The Bertz CT molecular complexity index is 365. The molecule has 1 aliphatic heterocycles. The standard InChI is InChI=1S/C11H17N5O/c1-2-5-12-10-8-14-16-11(15-10)13-7-9-4-3-6-17-9/h2,8-9H,1,3-7H2,(H2,12,13,15,16). The second kappa shape index (κ2) is 6.15. The molecule has 2 N–H and O–H groups in total. The topological polar surface area (TPSA) is 72.0 Å². The number of rotatable bonds is 6. The number of ether oxygens (including phenoxy) is 1. The molecule has 6 heteroatoms. The minimum absolute atomic E-state index is 0.267. The van der Waals surface area contributed by atoms with E-state index in [2.05, 4.69) is 32.4 Å². The number of nitrogens with zero attached hydrogens (tertiary/aromatic N) is 3. The van der Waals surface area contributed by atoms with Crippen LogP contribution in [0.5, 0.6) is 0 Å². The van der Waals surface area contributed by atoms with Crippen LogP contribution in [0.1, 0.15) is 12.8 Å². The quantitative estimate of drug-likeness (QED) is 0.718. The van der Waals surface area contributed by atoms with E-state index in [9.17, 15) is 0 Å². The van der Waals surface area contributed by atoms with Gasteiger partial charge in [-0.05, 0) is 12.8 Å². The van der Waals surface area contributed by atoms with Gasteiger partial charge in [0.25, 0.3) is 0 Å². The van der Waals surface area contributed by atoms with Gasteiger partial charge in [-0.25, -0.2) is 0 Å². The summed E-state index contributed by atoms with van der Waals surface area (Å²) in [6.07, 6.45) is 5.84. The van der Waals surface area contributed by atoms with Gasteiger partial charge in [0.05, 0.1) is 12.3 Å². The number of nitrogens with one attached hydrogen (secondary N) is 2. The Hall–Kier alpha value is -1.69. The van der Waals surface area contributed by atoms with E-state index in [0.717, 1.165) is 26.0 Å². The molecule has 1 saturated heterocycles. The van der Waals surface area contributed by atoms with Crippen molar-refractivity contribution in [2.75, 3.05) is 30.3 Å². The van der Waals surface area contributed by atoms with Crippen molar-refractivity contribution in [3.63, 3.8) is 0 Å². The molecular formula is C11H17N5O. The van der Waals surface area contributed by atoms with Gasteiger partial charge < -0.3 is 15.4 Å². The van der Waals surface area contributed by atoms with Crippen LogP contribution in [0.4, 0.5) is 11.8 Å². The fourth-order valence-electron chi connectivity index (χ4n) is 1.65. The molecule has 2 heterocycles. The molecule has 0 bridgehead atoms. The lowest BCUT2D eigenvalue weighted by Crippen LogP contribution is -2.20. The molecule has 1 aliphatic rings. The van der Waals surface area contributed by atoms with E-state index in [0.29, 0.717) is 18.3 Å². The van der Waals surface area contributed by atoms with Gasteiger partial charge in [-0.15, -0.1) is 11.7 Å². The Morgan fingerprint density at radius 2 is 2.47 bits per heavy atom. The van der Waals surface area contributed by atoms with Gasteiger partial charge in [0, 0.05) is 19.7 Å². The minimum Gasteiger partial charge on any atom is -0.376 e.